The van der Waals surface area contributed by atoms with Crippen LogP contribution in [-0.4, -0.2) is 15.0 Å². The summed E-state index contributed by atoms with van der Waals surface area (Å²) >= 11 is 0. The monoisotopic (exact) mass is 327 g/mol. The Hall–Kier alpha value is -1.64. The molecule has 2 rings (SSSR count). The van der Waals surface area contributed by atoms with Crippen LogP contribution in [0.2, 0.25) is 0 Å². The van der Waals surface area contributed by atoms with E-state index in [9.17, 15) is 0 Å². The minimum atomic E-state index is 0.119. The third-order valence-electron chi connectivity index (χ3n) is 5.02. The molecule has 0 fully saturated rings. The first-order chi connectivity index (χ1) is 11.2. The Balaban J connectivity index is 2.30. The number of hydrogen-bond acceptors (Lipinski definition) is 2. The molecule has 0 bridgehead atoms. The predicted octanol–water partition coefficient (Wildman–Crippen LogP) is 5.67. The van der Waals surface area contributed by atoms with Gasteiger partial charge in [0.2, 0.25) is 0 Å². The lowest BCUT2D eigenvalue weighted by molar-refractivity contribution is 0.220. The van der Waals surface area contributed by atoms with Gasteiger partial charge in [-0.15, -0.1) is 5.10 Å². The van der Waals surface area contributed by atoms with E-state index >= 15 is 0 Å². The van der Waals surface area contributed by atoms with Gasteiger partial charge < -0.3 is 0 Å². The summed E-state index contributed by atoms with van der Waals surface area (Å²) in [6, 6.07) is 10.9. The van der Waals surface area contributed by atoms with E-state index in [2.05, 4.69) is 86.9 Å². The van der Waals surface area contributed by atoms with Gasteiger partial charge in [0.25, 0.3) is 0 Å². The molecule has 1 atom stereocenters. The molecule has 0 aliphatic rings. The number of hydrogen-bond donors (Lipinski definition) is 0. The van der Waals surface area contributed by atoms with Gasteiger partial charge in [-0.05, 0) is 42.1 Å². The molecular weight excluding hydrogens is 294 g/mol. The molecule has 1 aromatic heterocycles. The van der Waals surface area contributed by atoms with Crippen LogP contribution in [-0.2, 0) is 6.42 Å². The molecule has 0 amide bonds. The SMILES string of the molecule is CCC(C)(C)C(c1ccccc1)n1nncc1CCCC(C)(C)C. The molecule has 3 heteroatoms. The second-order valence-electron chi connectivity index (χ2n) is 8.74. The first kappa shape index (κ1) is 18.7. The van der Waals surface area contributed by atoms with E-state index < -0.39 is 0 Å². The van der Waals surface area contributed by atoms with E-state index in [0.29, 0.717) is 5.41 Å². The topological polar surface area (TPSA) is 30.7 Å². The number of aromatic nitrogens is 3. The lowest BCUT2D eigenvalue weighted by atomic mass is 9.78. The van der Waals surface area contributed by atoms with Crippen molar-refractivity contribution in [3.8, 4) is 0 Å². The predicted molar refractivity (Wildman–Crippen MR) is 101 cm³/mol. The second-order valence-corrected chi connectivity index (χ2v) is 8.74. The molecule has 1 heterocycles. The molecule has 0 spiro atoms. The van der Waals surface area contributed by atoms with Gasteiger partial charge in [0.15, 0.2) is 0 Å². The number of aryl methyl sites for hydroxylation is 1. The van der Waals surface area contributed by atoms with Gasteiger partial charge in [0.05, 0.1) is 17.9 Å². The Bertz CT molecular complexity index is 620. The summed E-state index contributed by atoms with van der Waals surface area (Å²) in [4.78, 5) is 0. The summed E-state index contributed by atoms with van der Waals surface area (Å²) in [5.74, 6) is 0. The van der Waals surface area contributed by atoms with Crippen LogP contribution in [0, 0.1) is 10.8 Å². The van der Waals surface area contributed by atoms with Crippen LogP contribution in [0.5, 0.6) is 0 Å². The zero-order valence-corrected chi connectivity index (χ0v) is 16.2. The highest BCUT2D eigenvalue weighted by Crippen LogP contribution is 2.39. The van der Waals surface area contributed by atoms with Crippen LogP contribution in [0.4, 0.5) is 0 Å². The van der Waals surface area contributed by atoms with Crippen LogP contribution >= 0.6 is 0 Å². The maximum atomic E-state index is 4.49. The summed E-state index contributed by atoms with van der Waals surface area (Å²) in [6.07, 6.45) is 6.46. The molecule has 1 unspecified atom stereocenters. The Kier molecular flexibility index (Phi) is 5.84. The van der Waals surface area contributed by atoms with Crippen molar-refractivity contribution in [1.82, 2.24) is 15.0 Å². The summed E-state index contributed by atoms with van der Waals surface area (Å²) in [5, 5.41) is 8.73. The molecule has 0 aliphatic heterocycles. The first-order valence-corrected chi connectivity index (χ1v) is 9.18. The van der Waals surface area contributed by atoms with Crippen LogP contribution in [0.25, 0.3) is 0 Å². The average molecular weight is 328 g/mol. The van der Waals surface area contributed by atoms with Gasteiger partial charge in [-0.25, -0.2) is 4.68 Å². The van der Waals surface area contributed by atoms with Gasteiger partial charge in [0.1, 0.15) is 0 Å². The summed E-state index contributed by atoms with van der Waals surface area (Å²) in [6.45, 7) is 13.8. The number of benzene rings is 1. The fourth-order valence-corrected chi connectivity index (χ4v) is 3.21. The van der Waals surface area contributed by atoms with E-state index in [1.165, 1.54) is 24.1 Å². The standard InChI is InChI=1S/C21H33N3/c1-7-21(5,6)19(17-12-9-8-10-13-17)24-18(16-22-23-24)14-11-15-20(2,3)4/h8-10,12-13,16,19H,7,11,14-15H2,1-6H3. The van der Waals surface area contributed by atoms with Crippen LogP contribution < -0.4 is 0 Å². The van der Waals surface area contributed by atoms with E-state index in [4.69, 9.17) is 0 Å². The zero-order valence-electron chi connectivity index (χ0n) is 16.2. The van der Waals surface area contributed by atoms with Gasteiger partial charge in [-0.2, -0.15) is 0 Å². The Morgan fingerprint density at radius 3 is 2.29 bits per heavy atom. The van der Waals surface area contributed by atoms with Crippen molar-refractivity contribution in [2.24, 2.45) is 10.8 Å². The summed E-state index contributed by atoms with van der Waals surface area (Å²) in [7, 11) is 0. The largest absolute Gasteiger partial charge is 0.241 e. The third kappa shape index (κ3) is 4.68. The maximum absolute atomic E-state index is 4.49. The zero-order chi connectivity index (χ0) is 17.8. The molecule has 2 aromatic rings. The number of rotatable bonds is 7. The van der Waals surface area contributed by atoms with E-state index in [1.54, 1.807) is 0 Å². The molecule has 3 nitrogen and oxygen atoms in total. The van der Waals surface area contributed by atoms with Crippen molar-refractivity contribution in [3.63, 3.8) is 0 Å². The van der Waals surface area contributed by atoms with Gasteiger partial charge in [-0.3, -0.25) is 0 Å². The minimum Gasteiger partial charge on any atom is -0.241 e. The lowest BCUT2D eigenvalue weighted by Gasteiger charge is -2.34. The van der Waals surface area contributed by atoms with Crippen LogP contribution in [0.15, 0.2) is 36.5 Å². The van der Waals surface area contributed by atoms with Crippen LogP contribution in [0.1, 0.15) is 78.1 Å². The molecule has 1 aromatic carbocycles. The van der Waals surface area contributed by atoms with Crippen molar-refractivity contribution < 1.29 is 0 Å². The molecular formula is C21H33N3. The van der Waals surface area contributed by atoms with E-state index in [0.717, 1.165) is 12.8 Å². The van der Waals surface area contributed by atoms with Crippen molar-refractivity contribution in [1.29, 1.82) is 0 Å². The lowest BCUT2D eigenvalue weighted by Crippen LogP contribution is -2.30. The highest BCUT2D eigenvalue weighted by molar-refractivity contribution is 5.22. The molecule has 0 saturated heterocycles. The Labute approximate surface area is 147 Å². The van der Waals surface area contributed by atoms with E-state index in [1.807, 2.05) is 6.20 Å². The van der Waals surface area contributed by atoms with E-state index in [-0.39, 0.29) is 11.5 Å². The van der Waals surface area contributed by atoms with Crippen molar-refractivity contribution in [2.45, 2.75) is 73.3 Å². The second kappa shape index (κ2) is 7.50. The third-order valence-corrected chi connectivity index (χ3v) is 5.02. The number of nitrogens with zero attached hydrogens (tertiary/aromatic N) is 3. The Morgan fingerprint density at radius 2 is 1.71 bits per heavy atom. The quantitative estimate of drug-likeness (QED) is 0.655. The van der Waals surface area contributed by atoms with Gasteiger partial charge in [0, 0.05) is 0 Å². The van der Waals surface area contributed by atoms with Crippen molar-refractivity contribution in [3.05, 3.63) is 47.8 Å². The first-order valence-electron chi connectivity index (χ1n) is 9.18. The molecule has 0 N–H and O–H groups in total. The maximum Gasteiger partial charge on any atom is 0.0840 e. The Morgan fingerprint density at radius 1 is 1.04 bits per heavy atom. The van der Waals surface area contributed by atoms with Gasteiger partial charge in [-0.1, -0.05) is 77.1 Å². The summed E-state index contributed by atoms with van der Waals surface area (Å²) in [5.41, 5.74) is 3.05. The van der Waals surface area contributed by atoms with Gasteiger partial charge >= 0.3 is 0 Å². The highest BCUT2D eigenvalue weighted by Gasteiger charge is 2.32. The molecule has 0 aliphatic carbocycles. The minimum absolute atomic E-state index is 0.119. The smallest absolute Gasteiger partial charge is 0.0840 e. The fraction of sp³-hybridized carbons (Fsp3) is 0.619. The summed E-state index contributed by atoms with van der Waals surface area (Å²) < 4.78 is 2.17. The molecule has 0 saturated carbocycles. The molecule has 0 radical (unpaired) electrons. The normalized spacial score (nSPS) is 13.9. The van der Waals surface area contributed by atoms with Crippen molar-refractivity contribution in [2.75, 3.05) is 0 Å². The molecule has 132 valence electrons. The van der Waals surface area contributed by atoms with Crippen LogP contribution in [0.3, 0.4) is 0 Å². The average Bonchev–Trinajstić information content (AvgIpc) is 2.95. The molecule has 24 heavy (non-hydrogen) atoms. The highest BCUT2D eigenvalue weighted by atomic mass is 15.4. The fourth-order valence-electron chi connectivity index (χ4n) is 3.21. The van der Waals surface area contributed by atoms with Crippen molar-refractivity contribution >= 4 is 0 Å².